The van der Waals surface area contributed by atoms with Gasteiger partial charge in [0.2, 0.25) is 0 Å². The number of halogens is 2. The summed E-state index contributed by atoms with van der Waals surface area (Å²) >= 11 is 0. The molecule has 0 aromatic heterocycles. The number of carbonyl (C=O) groups is 3. The Morgan fingerprint density at radius 1 is 1.03 bits per heavy atom. The zero-order valence-electron chi connectivity index (χ0n) is 17.9. The van der Waals surface area contributed by atoms with Crippen molar-refractivity contribution in [2.24, 2.45) is 0 Å². The zero-order valence-corrected chi connectivity index (χ0v) is 18.7. The van der Waals surface area contributed by atoms with Gasteiger partial charge in [-0.15, -0.1) is 9.35 Å². The van der Waals surface area contributed by atoms with Gasteiger partial charge < -0.3 is 4.74 Å². The fourth-order valence-electron chi connectivity index (χ4n) is 3.46. The summed E-state index contributed by atoms with van der Waals surface area (Å²) in [7, 11) is -5.53. The van der Waals surface area contributed by atoms with E-state index in [4.69, 9.17) is 0 Å². The Morgan fingerprint density at radius 3 is 2.19 bits per heavy atom. The molecule has 0 saturated heterocycles. The van der Waals surface area contributed by atoms with Crippen LogP contribution in [-0.2, 0) is 23.9 Å². The predicted octanol–water partition coefficient (Wildman–Crippen LogP) is 3.71. The second-order valence-electron chi connectivity index (χ2n) is 7.95. The van der Waals surface area contributed by atoms with Crippen LogP contribution in [0.25, 0.3) is 10.8 Å². The molecule has 1 aliphatic heterocycles. The van der Waals surface area contributed by atoms with E-state index in [1.54, 1.807) is 32.0 Å². The number of ether oxygens (including phenoxy) is 1. The normalized spacial score (nSPS) is 14.6. The number of rotatable bonds is 6. The standard InChI is InChI=1S/C21H21F2NO7S/c1-10(2)13-8-12-6-7-14(11(3)4)17-16(12)15(9-13)18(25)24(19(17)26)31-32(28,29)21(22,23)20(27)30-5/h6-11H,1-5H3. The van der Waals surface area contributed by atoms with Gasteiger partial charge in [-0.1, -0.05) is 45.9 Å². The molecule has 3 rings (SSSR count). The Labute approximate surface area is 183 Å². The highest BCUT2D eigenvalue weighted by Crippen LogP contribution is 2.38. The third-order valence-corrected chi connectivity index (χ3v) is 6.32. The number of carbonyl (C=O) groups excluding carboxylic acids is 3. The van der Waals surface area contributed by atoms with Crippen LogP contribution in [0.15, 0.2) is 24.3 Å². The Hall–Kier alpha value is -2.92. The summed E-state index contributed by atoms with van der Waals surface area (Å²) in [5, 5.41) is -4.53. The van der Waals surface area contributed by atoms with Crippen LogP contribution in [0.3, 0.4) is 0 Å². The highest BCUT2D eigenvalue weighted by atomic mass is 32.2. The Balaban J connectivity index is 2.25. The fraction of sp³-hybridized carbons (Fsp3) is 0.381. The van der Waals surface area contributed by atoms with Crippen LogP contribution in [0.5, 0.6) is 0 Å². The lowest BCUT2D eigenvalue weighted by atomic mass is 9.85. The minimum Gasteiger partial charge on any atom is -0.464 e. The average molecular weight is 469 g/mol. The van der Waals surface area contributed by atoms with Crippen molar-refractivity contribution in [3.63, 3.8) is 0 Å². The summed E-state index contributed by atoms with van der Waals surface area (Å²) in [5.74, 6) is -5.13. The summed E-state index contributed by atoms with van der Waals surface area (Å²) in [6.45, 7) is 7.28. The number of hydroxylamine groups is 2. The summed E-state index contributed by atoms with van der Waals surface area (Å²) in [4.78, 5) is 37.5. The Kier molecular flexibility index (Phi) is 5.85. The summed E-state index contributed by atoms with van der Waals surface area (Å²) in [6, 6.07) is 6.66. The number of hydrogen-bond acceptors (Lipinski definition) is 7. The first-order valence-electron chi connectivity index (χ1n) is 9.64. The first-order valence-corrected chi connectivity index (χ1v) is 11.0. The molecule has 1 aliphatic rings. The summed E-state index contributed by atoms with van der Waals surface area (Å²) in [6.07, 6.45) is 0. The Bertz CT molecular complexity index is 1250. The van der Waals surface area contributed by atoms with Crippen LogP contribution < -0.4 is 0 Å². The number of nitrogens with zero attached hydrogens (tertiary/aromatic N) is 1. The maximum Gasteiger partial charge on any atom is 0.467 e. The van der Waals surface area contributed by atoms with Gasteiger partial charge in [0.15, 0.2) is 0 Å². The van der Waals surface area contributed by atoms with E-state index in [0.717, 1.165) is 0 Å². The molecule has 11 heteroatoms. The number of amides is 2. The van der Waals surface area contributed by atoms with E-state index in [1.165, 1.54) is 6.07 Å². The van der Waals surface area contributed by atoms with Crippen LogP contribution >= 0.6 is 0 Å². The molecule has 0 saturated carbocycles. The van der Waals surface area contributed by atoms with Gasteiger partial charge in [0, 0.05) is 5.39 Å². The van der Waals surface area contributed by atoms with Gasteiger partial charge in [-0.05, 0) is 34.4 Å². The number of methoxy groups -OCH3 is 1. The minimum atomic E-state index is -6.09. The van der Waals surface area contributed by atoms with Crippen molar-refractivity contribution in [2.75, 3.05) is 7.11 Å². The molecule has 0 fully saturated rings. The molecule has 0 N–H and O–H groups in total. The maximum absolute atomic E-state index is 14.1. The van der Waals surface area contributed by atoms with E-state index in [1.807, 2.05) is 13.8 Å². The molecule has 0 aliphatic carbocycles. The molecule has 1 heterocycles. The number of hydrogen-bond donors (Lipinski definition) is 0. The molecule has 0 atom stereocenters. The number of imide groups is 1. The highest BCUT2D eigenvalue weighted by molar-refractivity contribution is 7.88. The van der Waals surface area contributed by atoms with Crippen molar-refractivity contribution >= 4 is 38.7 Å². The van der Waals surface area contributed by atoms with E-state index < -0.39 is 33.2 Å². The Morgan fingerprint density at radius 2 is 1.66 bits per heavy atom. The van der Waals surface area contributed by atoms with Crippen molar-refractivity contribution in [3.8, 4) is 0 Å². The molecule has 2 amide bonds. The van der Waals surface area contributed by atoms with Gasteiger partial charge in [-0.3, -0.25) is 9.59 Å². The van der Waals surface area contributed by atoms with Crippen LogP contribution in [0.2, 0.25) is 0 Å². The van der Waals surface area contributed by atoms with Gasteiger partial charge in [-0.2, -0.15) is 17.2 Å². The molecule has 8 nitrogen and oxygen atoms in total. The first-order chi connectivity index (χ1) is 14.7. The van der Waals surface area contributed by atoms with Gasteiger partial charge in [0.1, 0.15) is 0 Å². The molecule has 0 unspecified atom stereocenters. The highest BCUT2D eigenvalue weighted by Gasteiger charge is 2.58. The average Bonchev–Trinajstić information content (AvgIpc) is 2.72. The molecule has 32 heavy (non-hydrogen) atoms. The van der Waals surface area contributed by atoms with E-state index in [2.05, 4.69) is 9.02 Å². The third-order valence-electron chi connectivity index (χ3n) is 5.18. The molecule has 0 radical (unpaired) electrons. The zero-order chi connectivity index (χ0) is 24.2. The first kappa shape index (κ1) is 23.7. The largest absolute Gasteiger partial charge is 0.467 e. The predicted molar refractivity (Wildman–Crippen MR) is 110 cm³/mol. The molecule has 0 bridgehead atoms. The topological polar surface area (TPSA) is 107 Å². The lowest BCUT2D eigenvalue weighted by Crippen LogP contribution is -2.48. The van der Waals surface area contributed by atoms with Crippen molar-refractivity contribution in [1.29, 1.82) is 0 Å². The van der Waals surface area contributed by atoms with Gasteiger partial charge in [0.05, 0.1) is 18.2 Å². The number of esters is 1. The molecule has 0 spiro atoms. The van der Waals surface area contributed by atoms with E-state index >= 15 is 0 Å². The van der Waals surface area contributed by atoms with E-state index in [0.29, 0.717) is 23.6 Å². The second-order valence-corrected chi connectivity index (χ2v) is 9.52. The van der Waals surface area contributed by atoms with Crippen molar-refractivity contribution in [3.05, 3.63) is 46.5 Å². The minimum absolute atomic E-state index is 0.0287. The third kappa shape index (κ3) is 3.55. The molecule has 2 aromatic carbocycles. The van der Waals surface area contributed by atoms with Crippen LogP contribution in [0, 0.1) is 0 Å². The van der Waals surface area contributed by atoms with Crippen molar-refractivity contribution in [1.82, 2.24) is 5.06 Å². The molecule has 2 aromatic rings. The monoisotopic (exact) mass is 469 g/mol. The van der Waals surface area contributed by atoms with E-state index in [-0.39, 0.29) is 33.4 Å². The maximum atomic E-state index is 14.1. The molecular formula is C21H21F2NO7S. The number of alkyl halides is 2. The van der Waals surface area contributed by atoms with Crippen LogP contribution in [-0.4, -0.2) is 43.6 Å². The van der Waals surface area contributed by atoms with Crippen molar-refractivity contribution in [2.45, 2.75) is 44.8 Å². The van der Waals surface area contributed by atoms with Crippen molar-refractivity contribution < 1.29 is 40.6 Å². The second kappa shape index (κ2) is 7.89. The summed E-state index contributed by atoms with van der Waals surface area (Å²) in [5.41, 5.74) is 1.08. The molecular weight excluding hydrogens is 448 g/mol. The van der Waals surface area contributed by atoms with Gasteiger partial charge in [0.25, 0.3) is 11.8 Å². The lowest BCUT2D eigenvalue weighted by Gasteiger charge is -2.29. The number of benzene rings is 2. The van der Waals surface area contributed by atoms with Gasteiger partial charge in [-0.25, -0.2) is 4.79 Å². The molecule has 172 valence electrons. The summed E-state index contributed by atoms with van der Waals surface area (Å²) < 4.78 is 60.5. The van der Waals surface area contributed by atoms with Crippen LogP contribution in [0.1, 0.15) is 71.4 Å². The lowest BCUT2D eigenvalue weighted by molar-refractivity contribution is -0.159. The SMILES string of the molecule is COC(=O)C(F)(F)S(=O)(=O)ON1C(=O)c2cc(C(C)C)cc3ccc(C(C)C)c(c23)C1=O. The quantitative estimate of drug-likeness (QED) is 0.469. The van der Waals surface area contributed by atoms with Gasteiger partial charge >= 0.3 is 21.3 Å². The van der Waals surface area contributed by atoms with Crippen LogP contribution in [0.4, 0.5) is 8.78 Å². The fourth-order valence-corrected chi connectivity index (χ4v) is 4.17. The van der Waals surface area contributed by atoms with E-state index in [9.17, 15) is 31.6 Å². The smallest absolute Gasteiger partial charge is 0.464 e.